The van der Waals surface area contributed by atoms with E-state index < -0.39 is 0 Å². The molecule has 0 aromatic rings. The van der Waals surface area contributed by atoms with E-state index >= 15 is 0 Å². The summed E-state index contributed by atoms with van der Waals surface area (Å²) < 4.78 is 4.75. The summed E-state index contributed by atoms with van der Waals surface area (Å²) in [5, 5.41) is 0. The lowest BCUT2D eigenvalue weighted by atomic mass is 9.87. The third-order valence-corrected chi connectivity index (χ3v) is 2.24. The van der Waals surface area contributed by atoms with Gasteiger partial charge in [0.2, 0.25) is 0 Å². The summed E-state index contributed by atoms with van der Waals surface area (Å²) in [6, 6.07) is 0. The van der Waals surface area contributed by atoms with Crippen molar-refractivity contribution in [2.75, 3.05) is 7.11 Å². The molecule has 2 nitrogen and oxygen atoms in total. The maximum absolute atomic E-state index is 11.4. The largest absolute Gasteiger partial charge is 0.469 e. The van der Waals surface area contributed by atoms with E-state index in [1.54, 1.807) is 0 Å². The van der Waals surface area contributed by atoms with Crippen molar-refractivity contribution in [2.45, 2.75) is 27.2 Å². The Bertz CT molecular complexity index is 173. The van der Waals surface area contributed by atoms with Gasteiger partial charge in [0.25, 0.3) is 0 Å². The summed E-state index contributed by atoms with van der Waals surface area (Å²) in [6.45, 7) is 9.90. The molecule has 0 saturated carbocycles. The molecule has 0 aromatic carbocycles. The summed E-state index contributed by atoms with van der Waals surface area (Å²) in [4.78, 5) is 11.4. The van der Waals surface area contributed by atoms with Gasteiger partial charge in [-0.05, 0) is 18.3 Å². The number of allylic oxidation sites excluding steroid dienone is 1. The van der Waals surface area contributed by atoms with Gasteiger partial charge in [0.1, 0.15) is 0 Å². The van der Waals surface area contributed by atoms with E-state index in [0.717, 1.165) is 6.42 Å². The fourth-order valence-corrected chi connectivity index (χ4v) is 1.35. The fraction of sp³-hybridized carbons (Fsp3) is 0.727. The molecular weight excluding hydrogens is 164 g/mol. The summed E-state index contributed by atoms with van der Waals surface area (Å²) in [5.74, 6) is 0.532. The molecule has 0 aliphatic carbocycles. The van der Waals surface area contributed by atoms with Gasteiger partial charge in [-0.15, -0.1) is 6.58 Å². The number of esters is 1. The van der Waals surface area contributed by atoms with Crippen molar-refractivity contribution < 1.29 is 9.53 Å². The molecule has 0 unspecified atom stereocenters. The second-order valence-electron chi connectivity index (χ2n) is 3.85. The summed E-state index contributed by atoms with van der Waals surface area (Å²) in [6.07, 6.45) is 2.67. The standard InChI is InChI=1S/C11H20O2/c1-6-9(4)10(7-8(2)3)11(12)13-5/h6,8-10H,1,7H2,2-5H3/t9-,10-/m0/s1. The molecule has 2 heteroatoms. The minimum atomic E-state index is -0.124. The molecule has 0 fully saturated rings. The van der Waals surface area contributed by atoms with E-state index in [2.05, 4.69) is 20.4 Å². The minimum absolute atomic E-state index is 0.0394. The van der Waals surface area contributed by atoms with Crippen LogP contribution in [0.15, 0.2) is 12.7 Å². The van der Waals surface area contributed by atoms with Gasteiger partial charge in [-0.3, -0.25) is 4.79 Å². The van der Waals surface area contributed by atoms with E-state index in [-0.39, 0.29) is 17.8 Å². The van der Waals surface area contributed by atoms with E-state index in [1.165, 1.54) is 7.11 Å². The highest BCUT2D eigenvalue weighted by Crippen LogP contribution is 2.22. The highest BCUT2D eigenvalue weighted by Gasteiger charge is 2.24. The Hall–Kier alpha value is -0.790. The number of hydrogen-bond acceptors (Lipinski definition) is 2. The van der Waals surface area contributed by atoms with Crippen LogP contribution in [0.25, 0.3) is 0 Å². The summed E-state index contributed by atoms with van der Waals surface area (Å²) in [5.41, 5.74) is 0. The summed E-state index contributed by atoms with van der Waals surface area (Å²) >= 11 is 0. The van der Waals surface area contributed by atoms with Gasteiger partial charge in [0, 0.05) is 0 Å². The Kier molecular flexibility index (Phi) is 5.44. The number of methoxy groups -OCH3 is 1. The first-order valence-electron chi connectivity index (χ1n) is 4.73. The predicted molar refractivity (Wildman–Crippen MR) is 54.3 cm³/mol. The molecule has 0 amide bonds. The van der Waals surface area contributed by atoms with Crippen molar-refractivity contribution in [3.05, 3.63) is 12.7 Å². The molecule has 0 saturated heterocycles. The number of carbonyl (C=O) groups is 1. The van der Waals surface area contributed by atoms with Crippen molar-refractivity contribution in [3.8, 4) is 0 Å². The molecule has 76 valence electrons. The molecule has 2 atom stereocenters. The summed E-state index contributed by atoms with van der Waals surface area (Å²) in [7, 11) is 1.44. The second-order valence-corrected chi connectivity index (χ2v) is 3.85. The Balaban J connectivity index is 4.35. The van der Waals surface area contributed by atoms with Crippen molar-refractivity contribution >= 4 is 5.97 Å². The van der Waals surface area contributed by atoms with Crippen molar-refractivity contribution in [1.82, 2.24) is 0 Å². The zero-order valence-corrected chi connectivity index (χ0v) is 9.04. The minimum Gasteiger partial charge on any atom is -0.469 e. The Labute approximate surface area is 81.0 Å². The molecule has 0 aliphatic heterocycles. The Morgan fingerprint density at radius 3 is 2.31 bits per heavy atom. The monoisotopic (exact) mass is 184 g/mol. The average molecular weight is 184 g/mol. The van der Waals surface area contributed by atoms with Crippen LogP contribution in [-0.4, -0.2) is 13.1 Å². The van der Waals surface area contributed by atoms with E-state index in [9.17, 15) is 4.79 Å². The molecule has 0 rings (SSSR count). The van der Waals surface area contributed by atoms with E-state index in [4.69, 9.17) is 4.74 Å². The Morgan fingerprint density at radius 1 is 1.46 bits per heavy atom. The SMILES string of the molecule is C=C[C@H](C)[C@H](CC(C)C)C(=O)OC. The number of rotatable bonds is 5. The molecule has 0 aliphatic rings. The first-order chi connectivity index (χ1) is 6.02. The molecule has 0 N–H and O–H groups in total. The number of ether oxygens (including phenoxy) is 1. The molecule has 13 heavy (non-hydrogen) atoms. The molecule has 0 aromatic heterocycles. The van der Waals surface area contributed by atoms with Crippen molar-refractivity contribution in [2.24, 2.45) is 17.8 Å². The van der Waals surface area contributed by atoms with Crippen LogP contribution >= 0.6 is 0 Å². The van der Waals surface area contributed by atoms with Crippen molar-refractivity contribution in [3.63, 3.8) is 0 Å². The quantitative estimate of drug-likeness (QED) is 0.485. The van der Waals surface area contributed by atoms with Crippen LogP contribution in [0.5, 0.6) is 0 Å². The molecule has 0 spiro atoms. The van der Waals surface area contributed by atoms with Gasteiger partial charge in [-0.1, -0.05) is 26.8 Å². The van der Waals surface area contributed by atoms with Gasteiger partial charge in [0.05, 0.1) is 13.0 Å². The topological polar surface area (TPSA) is 26.3 Å². The maximum atomic E-state index is 11.4. The normalized spacial score (nSPS) is 15.2. The second kappa shape index (κ2) is 5.79. The molecule has 0 bridgehead atoms. The van der Waals surface area contributed by atoms with Gasteiger partial charge >= 0.3 is 5.97 Å². The number of hydrogen-bond donors (Lipinski definition) is 0. The third kappa shape index (κ3) is 4.11. The first kappa shape index (κ1) is 12.2. The average Bonchev–Trinajstić information content (AvgIpc) is 2.11. The van der Waals surface area contributed by atoms with Crippen LogP contribution in [0.1, 0.15) is 27.2 Å². The zero-order valence-electron chi connectivity index (χ0n) is 9.04. The smallest absolute Gasteiger partial charge is 0.309 e. The van der Waals surface area contributed by atoms with Crippen LogP contribution < -0.4 is 0 Å². The third-order valence-electron chi connectivity index (χ3n) is 2.24. The van der Waals surface area contributed by atoms with Gasteiger partial charge < -0.3 is 4.74 Å². The van der Waals surface area contributed by atoms with Crippen LogP contribution in [0, 0.1) is 17.8 Å². The van der Waals surface area contributed by atoms with Gasteiger partial charge in [-0.25, -0.2) is 0 Å². The number of carbonyl (C=O) groups excluding carboxylic acids is 1. The predicted octanol–water partition coefficient (Wildman–Crippen LogP) is 2.64. The highest BCUT2D eigenvalue weighted by molar-refractivity contribution is 5.72. The van der Waals surface area contributed by atoms with Crippen LogP contribution in [0.4, 0.5) is 0 Å². The Morgan fingerprint density at radius 2 is 2.00 bits per heavy atom. The maximum Gasteiger partial charge on any atom is 0.309 e. The molecule has 0 radical (unpaired) electrons. The highest BCUT2D eigenvalue weighted by atomic mass is 16.5. The zero-order chi connectivity index (χ0) is 10.4. The van der Waals surface area contributed by atoms with Gasteiger partial charge in [-0.2, -0.15) is 0 Å². The van der Waals surface area contributed by atoms with Gasteiger partial charge in [0.15, 0.2) is 0 Å². The van der Waals surface area contributed by atoms with E-state index in [0.29, 0.717) is 5.92 Å². The first-order valence-corrected chi connectivity index (χ1v) is 4.73. The molecular formula is C11H20O2. The van der Waals surface area contributed by atoms with Crippen LogP contribution in [0.3, 0.4) is 0 Å². The van der Waals surface area contributed by atoms with Crippen LogP contribution in [0.2, 0.25) is 0 Å². The van der Waals surface area contributed by atoms with Crippen LogP contribution in [-0.2, 0) is 9.53 Å². The lowest BCUT2D eigenvalue weighted by Crippen LogP contribution is -2.23. The lowest BCUT2D eigenvalue weighted by Gasteiger charge is -2.20. The lowest BCUT2D eigenvalue weighted by molar-refractivity contribution is -0.147. The molecule has 0 heterocycles. The van der Waals surface area contributed by atoms with E-state index in [1.807, 2.05) is 13.0 Å². The van der Waals surface area contributed by atoms with Crippen molar-refractivity contribution in [1.29, 1.82) is 0 Å². The fourth-order valence-electron chi connectivity index (χ4n) is 1.35.